The van der Waals surface area contributed by atoms with Gasteiger partial charge in [0.15, 0.2) is 0 Å². The van der Waals surface area contributed by atoms with Crippen molar-refractivity contribution >= 4 is 11.6 Å². The Labute approximate surface area is 161 Å². The molecule has 1 atom stereocenters. The number of fused-ring (bicyclic) bond motifs is 1. The van der Waals surface area contributed by atoms with E-state index in [0.717, 1.165) is 88.9 Å². The predicted octanol–water partition coefficient (Wildman–Crippen LogP) is 1.28. The van der Waals surface area contributed by atoms with Gasteiger partial charge in [-0.3, -0.25) is 0 Å². The molecule has 1 aromatic rings. The Hall–Kier alpha value is -1.88. The molecule has 3 aliphatic rings. The number of hydrogen-bond acceptors (Lipinski definition) is 7. The minimum atomic E-state index is 0.270. The monoisotopic (exact) mass is 370 g/mol. The van der Waals surface area contributed by atoms with Gasteiger partial charge in [0.1, 0.15) is 17.7 Å². The van der Waals surface area contributed by atoms with E-state index in [-0.39, 0.29) is 6.10 Å². The van der Waals surface area contributed by atoms with Gasteiger partial charge >= 0.3 is 0 Å². The van der Waals surface area contributed by atoms with E-state index in [4.69, 9.17) is 9.72 Å². The van der Waals surface area contributed by atoms with Crippen LogP contribution in [0, 0.1) is 11.3 Å². The molecule has 7 heteroatoms. The van der Waals surface area contributed by atoms with Crippen molar-refractivity contribution in [3.63, 3.8) is 0 Å². The number of likely N-dealkylation sites (N-methyl/N-ethyl adjacent to an activating group) is 2. The number of pyridine rings is 1. The number of anilines is 2. The number of hydrogen-bond donors (Lipinski definition) is 1. The third kappa shape index (κ3) is 3.88. The summed E-state index contributed by atoms with van der Waals surface area (Å²) in [7, 11) is 4.28. The van der Waals surface area contributed by atoms with E-state index in [0.29, 0.717) is 0 Å². The fraction of sp³-hybridized carbons (Fsp3) is 0.700. The van der Waals surface area contributed by atoms with Gasteiger partial charge in [-0.1, -0.05) is 0 Å². The predicted molar refractivity (Wildman–Crippen MR) is 106 cm³/mol. The zero-order valence-electron chi connectivity index (χ0n) is 16.5. The van der Waals surface area contributed by atoms with Crippen LogP contribution in [-0.2, 0) is 17.7 Å². The van der Waals surface area contributed by atoms with E-state index in [2.05, 4.69) is 40.2 Å². The summed E-state index contributed by atoms with van der Waals surface area (Å²) in [5, 5.41) is 13.5. The van der Waals surface area contributed by atoms with Gasteiger partial charge in [-0.2, -0.15) is 5.26 Å². The first-order chi connectivity index (χ1) is 13.2. The Morgan fingerprint density at radius 3 is 2.67 bits per heavy atom. The van der Waals surface area contributed by atoms with Crippen LogP contribution in [0.5, 0.6) is 0 Å². The largest absolute Gasteiger partial charge is 0.376 e. The second-order valence-electron chi connectivity index (χ2n) is 8.02. The van der Waals surface area contributed by atoms with Crippen molar-refractivity contribution in [1.82, 2.24) is 14.8 Å². The van der Waals surface area contributed by atoms with E-state index in [1.807, 2.05) is 0 Å². The van der Waals surface area contributed by atoms with E-state index < -0.39 is 0 Å². The standard InChI is InChI=1S/C20H30N6O/c1-24-7-9-26(10-8-24)20-17(12-21)16-5-6-25(2)14-18(16)19(23-20)22-13-15-4-3-11-27-15/h15H,3-11,13-14H2,1-2H3,(H,22,23). The lowest BCUT2D eigenvalue weighted by Crippen LogP contribution is -2.45. The molecule has 0 spiro atoms. The Morgan fingerprint density at radius 2 is 1.96 bits per heavy atom. The Bertz CT molecular complexity index is 716. The number of rotatable bonds is 4. The fourth-order valence-electron chi connectivity index (χ4n) is 4.28. The Balaban J connectivity index is 1.67. The highest BCUT2D eigenvalue weighted by atomic mass is 16.5. The third-order valence-electron chi connectivity index (χ3n) is 6.00. The number of nitriles is 1. The van der Waals surface area contributed by atoms with Crippen LogP contribution in [-0.4, -0.2) is 80.9 Å². The zero-order chi connectivity index (χ0) is 18.8. The molecule has 0 amide bonds. The quantitative estimate of drug-likeness (QED) is 0.856. The molecule has 0 bridgehead atoms. The van der Waals surface area contributed by atoms with Crippen molar-refractivity contribution < 1.29 is 4.74 Å². The lowest BCUT2D eigenvalue weighted by molar-refractivity contribution is 0.120. The molecule has 7 nitrogen and oxygen atoms in total. The molecule has 2 fully saturated rings. The highest BCUT2D eigenvalue weighted by Crippen LogP contribution is 2.33. The van der Waals surface area contributed by atoms with E-state index in [1.165, 1.54) is 11.1 Å². The fourth-order valence-corrected chi connectivity index (χ4v) is 4.28. The molecule has 3 aliphatic heterocycles. The molecule has 146 valence electrons. The van der Waals surface area contributed by atoms with Crippen LogP contribution < -0.4 is 10.2 Å². The summed E-state index contributed by atoms with van der Waals surface area (Å²) in [5.74, 6) is 1.81. The maximum atomic E-state index is 9.94. The van der Waals surface area contributed by atoms with E-state index in [1.54, 1.807) is 0 Å². The number of aromatic nitrogens is 1. The molecular weight excluding hydrogens is 340 g/mol. The smallest absolute Gasteiger partial charge is 0.149 e. The van der Waals surface area contributed by atoms with Gasteiger partial charge in [0.25, 0.3) is 0 Å². The molecule has 1 N–H and O–H groups in total. The van der Waals surface area contributed by atoms with Crippen LogP contribution in [0.15, 0.2) is 0 Å². The van der Waals surface area contributed by atoms with Crippen molar-refractivity contribution in [1.29, 1.82) is 5.26 Å². The van der Waals surface area contributed by atoms with Crippen LogP contribution in [0.2, 0.25) is 0 Å². The summed E-state index contributed by atoms with van der Waals surface area (Å²) in [6.07, 6.45) is 3.43. The molecule has 0 aliphatic carbocycles. The Kier molecular flexibility index (Phi) is 5.48. The highest BCUT2D eigenvalue weighted by Gasteiger charge is 2.28. The van der Waals surface area contributed by atoms with E-state index >= 15 is 0 Å². The summed E-state index contributed by atoms with van der Waals surface area (Å²) >= 11 is 0. The lowest BCUT2D eigenvalue weighted by Gasteiger charge is -2.36. The van der Waals surface area contributed by atoms with Crippen molar-refractivity contribution in [2.24, 2.45) is 0 Å². The van der Waals surface area contributed by atoms with Crippen LogP contribution >= 0.6 is 0 Å². The summed E-state index contributed by atoms with van der Waals surface area (Å²) in [5.41, 5.74) is 3.16. The second-order valence-corrected chi connectivity index (χ2v) is 8.02. The first-order valence-electron chi connectivity index (χ1n) is 10.1. The minimum absolute atomic E-state index is 0.270. The maximum Gasteiger partial charge on any atom is 0.149 e. The van der Waals surface area contributed by atoms with Gasteiger partial charge in [-0.15, -0.1) is 0 Å². The lowest BCUT2D eigenvalue weighted by atomic mass is 9.95. The van der Waals surface area contributed by atoms with Crippen molar-refractivity contribution in [2.75, 3.05) is 70.2 Å². The maximum absolute atomic E-state index is 9.94. The molecule has 0 saturated carbocycles. The molecule has 0 radical (unpaired) electrons. The number of nitrogens with one attached hydrogen (secondary N) is 1. The minimum Gasteiger partial charge on any atom is -0.376 e. The number of nitrogens with zero attached hydrogens (tertiary/aromatic N) is 5. The molecule has 1 aromatic heterocycles. The van der Waals surface area contributed by atoms with Gasteiger partial charge < -0.3 is 24.8 Å². The molecular formula is C20H30N6O. The van der Waals surface area contributed by atoms with Crippen molar-refractivity contribution in [3.05, 3.63) is 16.7 Å². The van der Waals surface area contributed by atoms with Gasteiger partial charge in [0, 0.05) is 58.0 Å². The molecule has 4 heterocycles. The summed E-state index contributed by atoms with van der Waals surface area (Å²) in [6.45, 7) is 7.32. The van der Waals surface area contributed by atoms with Crippen LogP contribution in [0.3, 0.4) is 0 Å². The zero-order valence-corrected chi connectivity index (χ0v) is 16.5. The third-order valence-corrected chi connectivity index (χ3v) is 6.00. The number of piperazine rings is 1. The Morgan fingerprint density at radius 1 is 1.15 bits per heavy atom. The van der Waals surface area contributed by atoms with Gasteiger partial charge in [0.2, 0.25) is 0 Å². The van der Waals surface area contributed by atoms with Gasteiger partial charge in [0.05, 0.1) is 11.7 Å². The summed E-state index contributed by atoms with van der Waals surface area (Å²) in [4.78, 5) is 11.9. The summed E-state index contributed by atoms with van der Waals surface area (Å²) in [6, 6.07) is 2.48. The highest BCUT2D eigenvalue weighted by molar-refractivity contribution is 5.67. The first-order valence-corrected chi connectivity index (χ1v) is 10.1. The van der Waals surface area contributed by atoms with E-state index in [9.17, 15) is 5.26 Å². The average Bonchev–Trinajstić information content (AvgIpc) is 3.20. The van der Waals surface area contributed by atoms with Crippen molar-refractivity contribution in [3.8, 4) is 6.07 Å². The molecule has 27 heavy (non-hydrogen) atoms. The normalized spacial score (nSPS) is 23.9. The topological polar surface area (TPSA) is 67.7 Å². The van der Waals surface area contributed by atoms with Gasteiger partial charge in [-0.05, 0) is 38.9 Å². The molecule has 1 unspecified atom stereocenters. The first kappa shape index (κ1) is 18.5. The van der Waals surface area contributed by atoms with Crippen LogP contribution in [0.4, 0.5) is 11.6 Å². The van der Waals surface area contributed by atoms with Crippen molar-refractivity contribution in [2.45, 2.75) is 31.9 Å². The summed E-state index contributed by atoms with van der Waals surface area (Å²) < 4.78 is 5.77. The van der Waals surface area contributed by atoms with Crippen LogP contribution in [0.1, 0.15) is 29.5 Å². The van der Waals surface area contributed by atoms with Crippen LogP contribution in [0.25, 0.3) is 0 Å². The molecule has 0 aromatic carbocycles. The number of ether oxygens (including phenoxy) is 1. The molecule has 2 saturated heterocycles. The molecule has 4 rings (SSSR count). The average molecular weight is 371 g/mol. The second kappa shape index (κ2) is 8.01. The van der Waals surface area contributed by atoms with Gasteiger partial charge in [-0.25, -0.2) is 4.98 Å². The SMILES string of the molecule is CN1CCN(c2nc(NCC3CCCO3)c3c(c2C#N)CCN(C)C3)CC1.